The lowest BCUT2D eigenvalue weighted by molar-refractivity contribution is 0.0186. The van der Waals surface area contributed by atoms with Gasteiger partial charge in [-0.1, -0.05) is 0 Å². The number of ether oxygens (including phenoxy) is 1. The summed E-state index contributed by atoms with van der Waals surface area (Å²) in [5.41, 5.74) is 7.06. The molecule has 24 heavy (non-hydrogen) atoms. The third-order valence-corrected chi connectivity index (χ3v) is 4.16. The van der Waals surface area contributed by atoms with Crippen LogP contribution in [-0.4, -0.2) is 49.4 Å². The molecule has 0 aliphatic carbocycles. The van der Waals surface area contributed by atoms with Gasteiger partial charge in [0.25, 0.3) is 0 Å². The summed E-state index contributed by atoms with van der Waals surface area (Å²) >= 11 is 0. The van der Waals surface area contributed by atoms with Crippen molar-refractivity contribution in [1.29, 1.82) is 0 Å². The van der Waals surface area contributed by atoms with Crippen LogP contribution in [0.2, 0.25) is 0 Å². The maximum absolute atomic E-state index is 12.2. The van der Waals surface area contributed by atoms with E-state index in [2.05, 4.69) is 15.1 Å². The van der Waals surface area contributed by atoms with E-state index in [9.17, 15) is 4.79 Å². The first kappa shape index (κ1) is 16.5. The molecule has 8 heteroatoms. The smallest absolute Gasteiger partial charge is 0.410 e. The molecule has 2 N–H and O–H groups in total. The van der Waals surface area contributed by atoms with Crippen molar-refractivity contribution < 1.29 is 9.53 Å². The first-order chi connectivity index (χ1) is 11.3. The Morgan fingerprint density at radius 2 is 1.96 bits per heavy atom. The topological polar surface area (TPSA) is 99.2 Å². The number of fused-ring (bicyclic) bond motifs is 1. The van der Waals surface area contributed by atoms with Gasteiger partial charge in [-0.25, -0.2) is 19.4 Å². The van der Waals surface area contributed by atoms with Crippen LogP contribution in [0, 0.1) is 6.92 Å². The Hall–Kier alpha value is -2.38. The van der Waals surface area contributed by atoms with Crippen LogP contribution in [0.1, 0.15) is 45.3 Å². The van der Waals surface area contributed by atoms with E-state index in [4.69, 9.17) is 10.5 Å². The first-order valence-corrected chi connectivity index (χ1v) is 8.19. The summed E-state index contributed by atoms with van der Waals surface area (Å²) in [5.74, 6) is 0.454. The molecule has 130 valence electrons. The number of aromatic nitrogens is 4. The summed E-state index contributed by atoms with van der Waals surface area (Å²) in [4.78, 5) is 22.3. The van der Waals surface area contributed by atoms with Crippen LogP contribution in [0.15, 0.2) is 6.33 Å². The van der Waals surface area contributed by atoms with Gasteiger partial charge >= 0.3 is 6.09 Å². The normalized spacial score (nSPS) is 16.6. The first-order valence-electron chi connectivity index (χ1n) is 8.19. The zero-order valence-electron chi connectivity index (χ0n) is 14.6. The van der Waals surface area contributed by atoms with Crippen LogP contribution in [-0.2, 0) is 4.74 Å². The summed E-state index contributed by atoms with van der Waals surface area (Å²) in [5, 5.41) is 5.42. The van der Waals surface area contributed by atoms with E-state index in [-0.39, 0.29) is 12.1 Å². The van der Waals surface area contributed by atoms with E-state index in [1.165, 1.54) is 6.33 Å². The van der Waals surface area contributed by atoms with Gasteiger partial charge in [-0.05, 0) is 40.5 Å². The summed E-state index contributed by atoms with van der Waals surface area (Å²) in [6.07, 6.45) is 2.82. The zero-order valence-corrected chi connectivity index (χ0v) is 14.6. The number of nitrogens with two attached hydrogens (primary N) is 1. The van der Waals surface area contributed by atoms with Crippen molar-refractivity contribution in [3.8, 4) is 0 Å². The van der Waals surface area contributed by atoms with Crippen LogP contribution >= 0.6 is 0 Å². The van der Waals surface area contributed by atoms with Gasteiger partial charge < -0.3 is 15.4 Å². The molecule has 0 aromatic carbocycles. The second-order valence-electron chi connectivity index (χ2n) is 7.19. The number of hydrogen-bond acceptors (Lipinski definition) is 6. The highest BCUT2D eigenvalue weighted by atomic mass is 16.6. The number of likely N-dealkylation sites (tertiary alicyclic amines) is 1. The number of hydrogen-bond donors (Lipinski definition) is 1. The van der Waals surface area contributed by atoms with Crippen molar-refractivity contribution in [1.82, 2.24) is 24.6 Å². The van der Waals surface area contributed by atoms with Gasteiger partial charge in [0.15, 0.2) is 5.65 Å². The van der Waals surface area contributed by atoms with Crippen molar-refractivity contribution in [3.05, 3.63) is 12.0 Å². The molecule has 1 amide bonds. The number of carbonyl (C=O) groups excluding carboxylic acids is 1. The average Bonchev–Trinajstić information content (AvgIpc) is 2.84. The molecule has 0 saturated carbocycles. The Labute approximate surface area is 141 Å². The quantitative estimate of drug-likeness (QED) is 0.860. The second-order valence-corrected chi connectivity index (χ2v) is 7.19. The monoisotopic (exact) mass is 332 g/mol. The fourth-order valence-corrected chi connectivity index (χ4v) is 3.04. The van der Waals surface area contributed by atoms with Crippen LogP contribution in [0.4, 0.5) is 10.6 Å². The fraction of sp³-hybridized carbons (Fsp3) is 0.625. The summed E-state index contributed by atoms with van der Waals surface area (Å²) in [6, 6.07) is 0.189. The summed E-state index contributed by atoms with van der Waals surface area (Å²) in [6.45, 7) is 8.82. The van der Waals surface area contributed by atoms with Crippen LogP contribution in [0.3, 0.4) is 0 Å². The Bertz CT molecular complexity index is 756. The van der Waals surface area contributed by atoms with Crippen LogP contribution in [0.5, 0.6) is 0 Å². The predicted molar refractivity (Wildman–Crippen MR) is 90.6 cm³/mol. The number of aryl methyl sites for hydroxylation is 1. The molecule has 0 atom stereocenters. The van der Waals surface area contributed by atoms with Gasteiger partial charge in [0, 0.05) is 13.1 Å². The maximum atomic E-state index is 12.2. The van der Waals surface area contributed by atoms with Gasteiger partial charge in [0.1, 0.15) is 17.7 Å². The largest absolute Gasteiger partial charge is 0.444 e. The molecular formula is C16H24N6O2. The van der Waals surface area contributed by atoms with Gasteiger partial charge in [-0.15, -0.1) is 0 Å². The zero-order chi connectivity index (χ0) is 17.5. The molecule has 0 radical (unpaired) electrons. The summed E-state index contributed by atoms with van der Waals surface area (Å²) < 4.78 is 7.36. The number of nitrogen functional groups attached to an aromatic ring is 1. The highest BCUT2D eigenvalue weighted by Gasteiger charge is 2.29. The molecule has 1 aliphatic heterocycles. The van der Waals surface area contributed by atoms with Crippen LogP contribution in [0.25, 0.3) is 11.0 Å². The minimum absolute atomic E-state index is 0.189. The molecule has 3 heterocycles. The van der Waals surface area contributed by atoms with Crippen molar-refractivity contribution in [2.24, 2.45) is 0 Å². The Kier molecular flexibility index (Phi) is 4.06. The Morgan fingerprint density at radius 3 is 2.58 bits per heavy atom. The second kappa shape index (κ2) is 5.92. The number of anilines is 1. The minimum Gasteiger partial charge on any atom is -0.444 e. The lowest BCUT2D eigenvalue weighted by Gasteiger charge is -2.33. The summed E-state index contributed by atoms with van der Waals surface area (Å²) in [7, 11) is 0. The third kappa shape index (κ3) is 3.13. The SMILES string of the molecule is Cc1nn(C2CCN(C(=O)OC(C)(C)C)CC2)c2ncnc(N)c12. The molecule has 2 aromatic heterocycles. The molecule has 1 fully saturated rings. The van der Waals surface area contributed by atoms with E-state index in [0.717, 1.165) is 29.6 Å². The van der Waals surface area contributed by atoms with Gasteiger partial charge in [0.2, 0.25) is 0 Å². The molecule has 0 bridgehead atoms. The molecular weight excluding hydrogens is 308 g/mol. The van der Waals surface area contributed by atoms with Gasteiger partial charge in [-0.3, -0.25) is 0 Å². The molecule has 1 aliphatic rings. The lowest BCUT2D eigenvalue weighted by Crippen LogP contribution is -2.42. The third-order valence-electron chi connectivity index (χ3n) is 4.16. The van der Waals surface area contributed by atoms with E-state index < -0.39 is 5.60 Å². The van der Waals surface area contributed by atoms with Gasteiger partial charge in [0.05, 0.1) is 17.1 Å². The maximum Gasteiger partial charge on any atom is 0.410 e. The molecule has 3 rings (SSSR count). The Morgan fingerprint density at radius 1 is 1.29 bits per heavy atom. The number of carbonyl (C=O) groups is 1. The van der Waals surface area contributed by atoms with E-state index in [1.807, 2.05) is 32.4 Å². The predicted octanol–water partition coefficient (Wildman–Crippen LogP) is 2.29. The minimum atomic E-state index is -0.475. The van der Waals surface area contributed by atoms with E-state index >= 15 is 0 Å². The van der Waals surface area contributed by atoms with Crippen molar-refractivity contribution in [2.45, 2.75) is 52.2 Å². The fourth-order valence-electron chi connectivity index (χ4n) is 3.04. The molecule has 2 aromatic rings. The molecule has 0 spiro atoms. The number of nitrogens with zero attached hydrogens (tertiary/aromatic N) is 5. The average molecular weight is 332 g/mol. The standard InChI is InChI=1S/C16H24N6O2/c1-10-12-13(17)18-9-19-14(12)22(20-10)11-5-7-21(8-6-11)15(23)24-16(2,3)4/h9,11H,5-8H2,1-4H3,(H2,17,18,19). The van der Waals surface area contributed by atoms with Gasteiger partial charge in [-0.2, -0.15) is 5.10 Å². The number of piperidine rings is 1. The van der Waals surface area contributed by atoms with E-state index in [1.54, 1.807) is 4.90 Å². The number of amides is 1. The van der Waals surface area contributed by atoms with E-state index in [0.29, 0.717) is 18.9 Å². The molecule has 8 nitrogen and oxygen atoms in total. The van der Waals surface area contributed by atoms with Crippen LogP contribution < -0.4 is 5.73 Å². The molecule has 0 unspecified atom stereocenters. The Balaban J connectivity index is 1.74. The molecule has 1 saturated heterocycles. The van der Waals surface area contributed by atoms with Crippen molar-refractivity contribution in [3.63, 3.8) is 0 Å². The number of rotatable bonds is 1. The van der Waals surface area contributed by atoms with Crippen molar-refractivity contribution in [2.75, 3.05) is 18.8 Å². The lowest BCUT2D eigenvalue weighted by atomic mass is 10.1. The highest BCUT2D eigenvalue weighted by Crippen LogP contribution is 2.29. The van der Waals surface area contributed by atoms with Crippen molar-refractivity contribution >= 4 is 22.9 Å². The highest BCUT2D eigenvalue weighted by molar-refractivity contribution is 5.87.